The summed E-state index contributed by atoms with van der Waals surface area (Å²) >= 11 is 0. The van der Waals surface area contributed by atoms with Gasteiger partial charge < -0.3 is 10.1 Å². The number of allylic oxidation sites excluding steroid dienone is 2. The predicted octanol–water partition coefficient (Wildman–Crippen LogP) is 5.24. The molecule has 0 aromatic heterocycles. The highest BCUT2D eigenvalue weighted by Gasteiger charge is 2.46. The van der Waals surface area contributed by atoms with Crippen LogP contribution in [0.4, 0.5) is 17.6 Å². The third kappa shape index (κ3) is 4.70. The van der Waals surface area contributed by atoms with Crippen molar-refractivity contribution in [3.05, 3.63) is 64.4 Å². The molecule has 0 bridgehead atoms. The molecule has 1 aromatic rings. The quantitative estimate of drug-likeness (QED) is 0.513. The van der Waals surface area contributed by atoms with E-state index in [0.717, 1.165) is 16.8 Å². The van der Waals surface area contributed by atoms with Crippen molar-refractivity contribution in [2.45, 2.75) is 64.0 Å². The second kappa shape index (κ2) is 9.53. The molecule has 4 nitrogen and oxygen atoms in total. The minimum Gasteiger partial charge on any atom is -0.488 e. The fraction of sp³-hybridized carbons (Fsp3) is 0.571. The molecule has 5 rings (SSSR count). The number of nitrogens with one attached hydrogen (secondary N) is 1. The lowest BCUT2D eigenvalue weighted by molar-refractivity contribution is 0.0163. The Morgan fingerprint density at radius 2 is 1.83 bits per heavy atom. The zero-order chi connectivity index (χ0) is 25.8. The Morgan fingerprint density at radius 3 is 2.47 bits per heavy atom. The minimum absolute atomic E-state index is 0.0349. The van der Waals surface area contributed by atoms with Gasteiger partial charge in [-0.1, -0.05) is 25.2 Å². The van der Waals surface area contributed by atoms with Gasteiger partial charge in [-0.25, -0.2) is 17.6 Å². The van der Waals surface area contributed by atoms with Crippen LogP contribution in [0.1, 0.15) is 45.7 Å². The average molecular weight is 506 g/mol. The summed E-state index contributed by atoms with van der Waals surface area (Å²) in [6, 6.07) is 1.58. The van der Waals surface area contributed by atoms with E-state index in [1.807, 2.05) is 22.8 Å². The van der Waals surface area contributed by atoms with Crippen LogP contribution in [-0.4, -0.2) is 66.5 Å². The number of nitrogens with zero attached hydrogens (tertiary/aromatic N) is 2. The van der Waals surface area contributed by atoms with Gasteiger partial charge in [0.05, 0.1) is 12.1 Å². The summed E-state index contributed by atoms with van der Waals surface area (Å²) < 4.78 is 64.7. The van der Waals surface area contributed by atoms with Crippen LogP contribution in [0.25, 0.3) is 0 Å². The van der Waals surface area contributed by atoms with E-state index in [4.69, 9.17) is 4.74 Å². The molecule has 1 N–H and O–H groups in total. The normalized spacial score (nSPS) is 28.9. The standard InChI is InChI=1S/C28H35F4N3O/c1-16-6-5-7-20-21-10-17(2)35(15-28(3,4)32)27(26(21)33-25(16)20)24-22(30)11-18(12-23(24)31)36-19-13-34(14-19)9-8-29/h5-7,11-12,16-17,19,25,27,33H,8-10,13-15H2,1-4H3/t16?,17-,25?,27-/m1/s1. The molecule has 4 atom stereocenters. The largest absolute Gasteiger partial charge is 0.488 e. The molecule has 4 aliphatic rings. The number of likely N-dealkylation sites (tertiary alicyclic amines) is 1. The molecule has 2 unspecified atom stereocenters. The fourth-order valence-electron chi connectivity index (χ4n) is 6.02. The molecule has 1 saturated heterocycles. The van der Waals surface area contributed by atoms with E-state index in [9.17, 15) is 8.78 Å². The van der Waals surface area contributed by atoms with Gasteiger partial charge in [-0.15, -0.1) is 0 Å². The Kier molecular flexibility index (Phi) is 6.70. The predicted molar refractivity (Wildman–Crippen MR) is 132 cm³/mol. The van der Waals surface area contributed by atoms with E-state index < -0.39 is 30.0 Å². The van der Waals surface area contributed by atoms with E-state index in [1.165, 1.54) is 26.0 Å². The lowest BCUT2D eigenvalue weighted by Crippen LogP contribution is -2.54. The average Bonchev–Trinajstić information content (AvgIpc) is 3.12. The molecule has 3 aliphatic heterocycles. The van der Waals surface area contributed by atoms with Crippen LogP contribution in [0.2, 0.25) is 0 Å². The second-order valence-electron chi connectivity index (χ2n) is 11.2. The molecule has 1 fully saturated rings. The second-order valence-corrected chi connectivity index (χ2v) is 11.2. The van der Waals surface area contributed by atoms with E-state index >= 15 is 8.78 Å². The summed E-state index contributed by atoms with van der Waals surface area (Å²) in [5, 5.41) is 3.56. The van der Waals surface area contributed by atoms with Gasteiger partial charge in [-0.05, 0) is 44.3 Å². The Morgan fingerprint density at radius 1 is 1.14 bits per heavy atom. The Labute approximate surface area is 210 Å². The summed E-state index contributed by atoms with van der Waals surface area (Å²) in [4.78, 5) is 3.76. The van der Waals surface area contributed by atoms with Crippen LogP contribution in [-0.2, 0) is 0 Å². The van der Waals surface area contributed by atoms with Crippen molar-refractivity contribution in [1.29, 1.82) is 0 Å². The third-order valence-corrected chi connectivity index (χ3v) is 7.72. The summed E-state index contributed by atoms with van der Waals surface area (Å²) in [6.45, 7) is 8.08. The number of halogens is 4. The maximum Gasteiger partial charge on any atom is 0.135 e. The first-order valence-corrected chi connectivity index (χ1v) is 12.8. The van der Waals surface area contributed by atoms with Crippen molar-refractivity contribution in [3.8, 4) is 5.75 Å². The maximum absolute atomic E-state index is 15.7. The molecule has 1 aromatic carbocycles. The first-order valence-electron chi connectivity index (χ1n) is 12.8. The van der Waals surface area contributed by atoms with Gasteiger partial charge in [-0.3, -0.25) is 9.80 Å². The van der Waals surface area contributed by atoms with E-state index in [1.54, 1.807) is 0 Å². The molecular formula is C28H35F4N3O. The monoisotopic (exact) mass is 505 g/mol. The molecule has 1 aliphatic carbocycles. The molecular weight excluding hydrogens is 470 g/mol. The van der Waals surface area contributed by atoms with Gasteiger partial charge in [0.2, 0.25) is 0 Å². The molecule has 0 amide bonds. The first-order chi connectivity index (χ1) is 17.1. The molecule has 8 heteroatoms. The van der Waals surface area contributed by atoms with Crippen LogP contribution in [0.15, 0.2) is 47.2 Å². The number of benzene rings is 1. The van der Waals surface area contributed by atoms with Crippen molar-refractivity contribution in [2.24, 2.45) is 5.92 Å². The Hall–Kier alpha value is -2.32. The number of fused-ring (bicyclic) bond motifs is 2. The van der Waals surface area contributed by atoms with E-state index in [-0.39, 0.29) is 42.0 Å². The highest BCUT2D eigenvalue weighted by atomic mass is 19.1. The molecule has 0 saturated carbocycles. The Balaban J connectivity index is 1.50. The van der Waals surface area contributed by atoms with Crippen molar-refractivity contribution in [3.63, 3.8) is 0 Å². The van der Waals surface area contributed by atoms with E-state index in [0.29, 0.717) is 26.1 Å². The maximum atomic E-state index is 15.7. The van der Waals surface area contributed by atoms with Crippen molar-refractivity contribution >= 4 is 0 Å². The smallest absolute Gasteiger partial charge is 0.135 e. The molecule has 196 valence electrons. The van der Waals surface area contributed by atoms with Crippen LogP contribution >= 0.6 is 0 Å². The zero-order valence-electron chi connectivity index (χ0n) is 21.3. The number of hydrogen-bond acceptors (Lipinski definition) is 4. The fourth-order valence-corrected chi connectivity index (χ4v) is 6.02. The van der Waals surface area contributed by atoms with Crippen molar-refractivity contribution < 1.29 is 22.3 Å². The number of rotatable bonds is 7. The molecule has 3 heterocycles. The van der Waals surface area contributed by atoms with Crippen LogP contribution in [0.5, 0.6) is 5.75 Å². The zero-order valence-corrected chi connectivity index (χ0v) is 21.3. The van der Waals surface area contributed by atoms with Gasteiger partial charge in [0.15, 0.2) is 0 Å². The summed E-state index contributed by atoms with van der Waals surface area (Å²) in [5.74, 6) is -1.09. The Bertz CT molecular complexity index is 1080. The van der Waals surface area contributed by atoms with Gasteiger partial charge in [0, 0.05) is 55.6 Å². The SMILES string of the molecule is CC1C=CC=C2C3=C(NC21)[C@@H](c1c(F)cc(OC2CN(CCF)C2)cc1F)N(CC(C)(C)F)[C@H](C)C3. The van der Waals surface area contributed by atoms with Gasteiger partial charge in [0.1, 0.15) is 35.8 Å². The highest BCUT2D eigenvalue weighted by molar-refractivity contribution is 5.54. The number of hydrogen-bond donors (Lipinski definition) is 1. The third-order valence-electron chi connectivity index (χ3n) is 7.72. The van der Waals surface area contributed by atoms with Gasteiger partial charge >= 0.3 is 0 Å². The summed E-state index contributed by atoms with van der Waals surface area (Å²) in [7, 11) is 0. The van der Waals surface area contributed by atoms with Gasteiger partial charge in [0.25, 0.3) is 0 Å². The van der Waals surface area contributed by atoms with Gasteiger partial charge in [-0.2, -0.15) is 0 Å². The van der Waals surface area contributed by atoms with Crippen LogP contribution in [0.3, 0.4) is 0 Å². The summed E-state index contributed by atoms with van der Waals surface area (Å²) in [5.41, 5.74) is 1.35. The van der Waals surface area contributed by atoms with Crippen LogP contribution in [0, 0.1) is 17.6 Å². The number of alkyl halides is 2. The first kappa shape index (κ1) is 25.3. The highest BCUT2D eigenvalue weighted by Crippen LogP contribution is 2.48. The summed E-state index contributed by atoms with van der Waals surface area (Å²) in [6.07, 6.45) is 6.68. The molecule has 0 radical (unpaired) electrons. The molecule has 0 spiro atoms. The molecule has 36 heavy (non-hydrogen) atoms. The lowest BCUT2D eigenvalue weighted by atomic mass is 9.83. The van der Waals surface area contributed by atoms with E-state index in [2.05, 4.69) is 24.4 Å². The van der Waals surface area contributed by atoms with Crippen molar-refractivity contribution in [1.82, 2.24) is 15.1 Å². The lowest BCUT2D eigenvalue weighted by Gasteiger charge is -2.44. The minimum atomic E-state index is -1.55. The van der Waals surface area contributed by atoms with Crippen LogP contribution < -0.4 is 10.1 Å². The number of ether oxygens (including phenoxy) is 1. The topological polar surface area (TPSA) is 27.7 Å². The van der Waals surface area contributed by atoms with Crippen molar-refractivity contribution in [2.75, 3.05) is 32.9 Å².